The molecule has 1 amide bonds. The Morgan fingerprint density at radius 2 is 1.92 bits per heavy atom. The van der Waals surface area contributed by atoms with Gasteiger partial charge in [-0.1, -0.05) is 35.9 Å². The molecule has 0 bridgehead atoms. The van der Waals surface area contributed by atoms with E-state index in [1.54, 1.807) is 42.5 Å². The zero-order valence-electron chi connectivity index (χ0n) is 13.2. The van der Waals surface area contributed by atoms with Crippen molar-refractivity contribution in [3.8, 4) is 5.75 Å². The molecule has 3 rings (SSSR count). The molecule has 1 heterocycles. The maximum absolute atomic E-state index is 12.9. The van der Waals surface area contributed by atoms with Gasteiger partial charge in [0, 0.05) is 12.7 Å². The molecule has 5 nitrogen and oxygen atoms in total. The van der Waals surface area contributed by atoms with E-state index in [-0.39, 0.29) is 25.0 Å². The van der Waals surface area contributed by atoms with Crippen LogP contribution in [0.2, 0.25) is 5.02 Å². The number of nitrogens with zero attached hydrogens (tertiary/aromatic N) is 2. The van der Waals surface area contributed by atoms with Crippen LogP contribution in [0, 0.1) is 5.82 Å². The fourth-order valence-corrected chi connectivity index (χ4v) is 2.39. The second kappa shape index (κ2) is 7.81. The second-order valence-corrected chi connectivity index (χ2v) is 5.64. The minimum absolute atomic E-state index is 0.0516. The van der Waals surface area contributed by atoms with Crippen LogP contribution in [0.15, 0.2) is 60.8 Å². The number of nitrogens with one attached hydrogen (secondary N) is 1. The van der Waals surface area contributed by atoms with E-state index < -0.39 is 0 Å². The number of carbonyl (C=O) groups excluding carboxylic acids is 1. The molecule has 3 aromatic rings. The highest BCUT2D eigenvalue weighted by Gasteiger charge is 2.12. The Hall–Kier alpha value is -2.86. The number of rotatable bonds is 6. The van der Waals surface area contributed by atoms with Crippen LogP contribution in [0.1, 0.15) is 16.1 Å². The zero-order chi connectivity index (χ0) is 17.6. The highest BCUT2D eigenvalue weighted by atomic mass is 35.5. The topological polar surface area (TPSA) is 56.2 Å². The Kier molecular flexibility index (Phi) is 5.30. The molecule has 0 aliphatic rings. The SMILES string of the molecule is O=C(NCc1ccc(F)cc1)c1ccnn1COc1ccccc1Cl. The number of ether oxygens (including phenoxy) is 1. The second-order valence-electron chi connectivity index (χ2n) is 5.23. The van der Waals surface area contributed by atoms with E-state index in [0.717, 1.165) is 5.56 Å². The number of hydrogen-bond donors (Lipinski definition) is 1. The summed E-state index contributed by atoms with van der Waals surface area (Å²) >= 11 is 6.03. The molecular weight excluding hydrogens is 345 g/mol. The average molecular weight is 360 g/mol. The third-order valence-corrected chi connectivity index (χ3v) is 3.81. The van der Waals surface area contributed by atoms with Gasteiger partial charge in [0.05, 0.1) is 5.02 Å². The molecule has 0 radical (unpaired) electrons. The van der Waals surface area contributed by atoms with Gasteiger partial charge < -0.3 is 10.1 Å². The van der Waals surface area contributed by atoms with Gasteiger partial charge >= 0.3 is 0 Å². The maximum atomic E-state index is 12.9. The number of hydrogen-bond acceptors (Lipinski definition) is 3. The lowest BCUT2D eigenvalue weighted by molar-refractivity contribution is 0.0929. The van der Waals surface area contributed by atoms with Crippen LogP contribution in [0.5, 0.6) is 5.75 Å². The number of aromatic nitrogens is 2. The van der Waals surface area contributed by atoms with Crippen LogP contribution in [0.3, 0.4) is 0 Å². The van der Waals surface area contributed by atoms with Crippen molar-refractivity contribution in [2.24, 2.45) is 0 Å². The Labute approximate surface area is 149 Å². The first-order valence-electron chi connectivity index (χ1n) is 7.55. The van der Waals surface area contributed by atoms with E-state index >= 15 is 0 Å². The molecule has 128 valence electrons. The molecule has 25 heavy (non-hydrogen) atoms. The number of amides is 1. The van der Waals surface area contributed by atoms with Gasteiger partial charge in [-0.15, -0.1) is 0 Å². The molecule has 7 heteroatoms. The minimum Gasteiger partial charge on any atom is -0.470 e. The quantitative estimate of drug-likeness (QED) is 0.731. The third-order valence-electron chi connectivity index (χ3n) is 3.49. The van der Waals surface area contributed by atoms with E-state index in [9.17, 15) is 9.18 Å². The Morgan fingerprint density at radius 1 is 1.16 bits per heavy atom. The third kappa shape index (κ3) is 4.36. The lowest BCUT2D eigenvalue weighted by Crippen LogP contribution is -2.26. The summed E-state index contributed by atoms with van der Waals surface area (Å²) in [6.45, 7) is 0.339. The van der Waals surface area contributed by atoms with Gasteiger partial charge in [0.15, 0.2) is 6.73 Å². The molecule has 0 fully saturated rings. The number of benzene rings is 2. The van der Waals surface area contributed by atoms with Gasteiger partial charge in [0.1, 0.15) is 17.3 Å². The smallest absolute Gasteiger partial charge is 0.269 e. The molecule has 0 unspecified atom stereocenters. The maximum Gasteiger partial charge on any atom is 0.269 e. The van der Waals surface area contributed by atoms with Gasteiger partial charge in [0.2, 0.25) is 0 Å². The standard InChI is InChI=1S/C18H15ClFN3O2/c19-15-3-1-2-4-17(15)25-12-23-16(9-10-22-23)18(24)21-11-13-5-7-14(20)8-6-13/h1-10H,11-12H2,(H,21,24). The summed E-state index contributed by atoms with van der Waals surface area (Å²) in [5.41, 5.74) is 1.15. The Bertz CT molecular complexity index is 865. The summed E-state index contributed by atoms with van der Waals surface area (Å²) < 4.78 is 19.9. The molecule has 0 spiro atoms. The average Bonchev–Trinajstić information content (AvgIpc) is 3.09. The van der Waals surface area contributed by atoms with E-state index in [1.165, 1.54) is 23.0 Å². The molecule has 0 aliphatic heterocycles. The fraction of sp³-hybridized carbons (Fsp3) is 0.111. The highest BCUT2D eigenvalue weighted by molar-refractivity contribution is 6.32. The molecule has 0 saturated carbocycles. The van der Waals surface area contributed by atoms with Crippen LogP contribution >= 0.6 is 11.6 Å². The molecule has 0 atom stereocenters. The Balaban J connectivity index is 1.61. The number of halogens is 2. The normalized spacial score (nSPS) is 10.5. The molecular formula is C18H15ClFN3O2. The van der Waals surface area contributed by atoms with E-state index in [1.807, 2.05) is 0 Å². The van der Waals surface area contributed by atoms with Crippen LogP contribution in [0.25, 0.3) is 0 Å². The molecule has 1 N–H and O–H groups in total. The molecule has 1 aromatic heterocycles. The van der Waals surface area contributed by atoms with Gasteiger partial charge in [-0.25, -0.2) is 9.07 Å². The fourth-order valence-electron chi connectivity index (χ4n) is 2.20. The summed E-state index contributed by atoms with van der Waals surface area (Å²) in [6, 6.07) is 14.6. The number of para-hydroxylation sites is 1. The predicted octanol–water partition coefficient (Wildman–Crippen LogP) is 3.64. The van der Waals surface area contributed by atoms with Crippen molar-refractivity contribution in [3.05, 3.63) is 82.9 Å². The zero-order valence-corrected chi connectivity index (χ0v) is 13.9. The molecule has 0 aliphatic carbocycles. The van der Waals surface area contributed by atoms with Gasteiger partial charge in [-0.3, -0.25) is 4.79 Å². The first kappa shape index (κ1) is 17.0. The lowest BCUT2D eigenvalue weighted by atomic mass is 10.2. The van der Waals surface area contributed by atoms with Crippen LogP contribution in [-0.2, 0) is 13.3 Å². The molecule has 2 aromatic carbocycles. The van der Waals surface area contributed by atoms with Crippen LogP contribution in [0.4, 0.5) is 4.39 Å². The van der Waals surface area contributed by atoms with Gasteiger partial charge in [0.25, 0.3) is 5.91 Å². The Morgan fingerprint density at radius 3 is 2.68 bits per heavy atom. The van der Waals surface area contributed by atoms with Crippen molar-refractivity contribution >= 4 is 17.5 Å². The summed E-state index contributed by atoms with van der Waals surface area (Å²) in [5, 5.41) is 7.34. The number of carbonyl (C=O) groups is 1. The van der Waals surface area contributed by atoms with Crippen molar-refractivity contribution in [2.75, 3.05) is 0 Å². The lowest BCUT2D eigenvalue weighted by Gasteiger charge is -2.11. The van der Waals surface area contributed by atoms with Crippen LogP contribution < -0.4 is 10.1 Å². The summed E-state index contributed by atoms with van der Waals surface area (Å²) in [5.74, 6) is -0.105. The van der Waals surface area contributed by atoms with Crippen LogP contribution in [-0.4, -0.2) is 15.7 Å². The monoisotopic (exact) mass is 359 g/mol. The van der Waals surface area contributed by atoms with Crippen molar-refractivity contribution < 1.29 is 13.9 Å². The van der Waals surface area contributed by atoms with E-state index in [2.05, 4.69) is 10.4 Å². The summed E-state index contributed by atoms with van der Waals surface area (Å²) in [7, 11) is 0. The van der Waals surface area contributed by atoms with Crippen molar-refractivity contribution in [1.29, 1.82) is 0 Å². The van der Waals surface area contributed by atoms with Crippen molar-refractivity contribution in [3.63, 3.8) is 0 Å². The first-order valence-corrected chi connectivity index (χ1v) is 7.93. The molecule has 0 saturated heterocycles. The van der Waals surface area contributed by atoms with Crippen molar-refractivity contribution in [2.45, 2.75) is 13.3 Å². The predicted molar refractivity (Wildman–Crippen MR) is 91.9 cm³/mol. The summed E-state index contributed by atoms with van der Waals surface area (Å²) in [4.78, 5) is 12.3. The first-order chi connectivity index (χ1) is 12.1. The highest BCUT2D eigenvalue weighted by Crippen LogP contribution is 2.23. The van der Waals surface area contributed by atoms with E-state index in [0.29, 0.717) is 16.5 Å². The minimum atomic E-state index is -0.315. The largest absolute Gasteiger partial charge is 0.470 e. The van der Waals surface area contributed by atoms with Gasteiger partial charge in [-0.2, -0.15) is 5.10 Å². The van der Waals surface area contributed by atoms with Crippen molar-refractivity contribution in [1.82, 2.24) is 15.1 Å². The summed E-state index contributed by atoms with van der Waals surface area (Å²) in [6.07, 6.45) is 1.52. The van der Waals surface area contributed by atoms with E-state index in [4.69, 9.17) is 16.3 Å². The van der Waals surface area contributed by atoms with Gasteiger partial charge in [-0.05, 0) is 35.9 Å².